The van der Waals surface area contributed by atoms with Gasteiger partial charge in [-0.1, -0.05) is 22.0 Å². The minimum Gasteiger partial charge on any atom is -0.480 e. The largest absolute Gasteiger partial charge is 0.480 e. The van der Waals surface area contributed by atoms with Crippen molar-refractivity contribution in [3.8, 4) is 0 Å². The Kier molecular flexibility index (Phi) is 3.25. The monoisotopic (exact) mass is 336 g/mol. The summed E-state index contributed by atoms with van der Waals surface area (Å²) < 4.78 is 0.825. The van der Waals surface area contributed by atoms with E-state index in [2.05, 4.69) is 20.9 Å². The van der Waals surface area contributed by atoms with Crippen molar-refractivity contribution in [1.82, 2.24) is 9.88 Å². The number of rotatable bonds is 2. The summed E-state index contributed by atoms with van der Waals surface area (Å²) in [7, 11) is 0. The zero-order valence-corrected chi connectivity index (χ0v) is 12.2. The number of amides is 1. The highest BCUT2D eigenvalue weighted by Crippen LogP contribution is 2.29. The molecule has 5 nitrogen and oxygen atoms in total. The van der Waals surface area contributed by atoms with E-state index in [0.717, 1.165) is 21.8 Å². The van der Waals surface area contributed by atoms with E-state index in [-0.39, 0.29) is 5.91 Å². The van der Waals surface area contributed by atoms with Gasteiger partial charge in [0.25, 0.3) is 5.91 Å². The van der Waals surface area contributed by atoms with E-state index in [1.165, 1.54) is 4.90 Å². The van der Waals surface area contributed by atoms with Gasteiger partial charge in [0, 0.05) is 28.1 Å². The number of carboxylic acids is 1. The number of aliphatic carboxylic acids is 1. The number of carbonyl (C=O) groups is 2. The molecule has 20 heavy (non-hydrogen) atoms. The molecule has 1 aromatic carbocycles. The minimum atomic E-state index is -0.935. The van der Waals surface area contributed by atoms with Gasteiger partial charge in [0.15, 0.2) is 0 Å². The number of likely N-dealkylation sites (tertiary alicyclic amines) is 1. The van der Waals surface area contributed by atoms with Gasteiger partial charge in [-0.15, -0.1) is 0 Å². The average molecular weight is 337 g/mol. The second-order valence-electron chi connectivity index (χ2n) is 4.86. The molecular formula is C14H13BrN2O3. The molecule has 1 saturated heterocycles. The molecule has 0 radical (unpaired) electrons. The van der Waals surface area contributed by atoms with E-state index in [1.807, 2.05) is 18.2 Å². The Hall–Kier alpha value is -1.82. The van der Waals surface area contributed by atoms with E-state index >= 15 is 0 Å². The summed E-state index contributed by atoms with van der Waals surface area (Å²) in [6, 6.07) is 4.92. The SMILES string of the molecule is O=C(O)[C@H]1CCCN1C(=O)c1c[nH]c2cccc(Br)c12. The Balaban J connectivity index is 2.03. The molecule has 0 unspecified atom stereocenters. The fraction of sp³-hybridized carbons (Fsp3) is 0.286. The maximum absolute atomic E-state index is 12.6. The molecule has 3 rings (SSSR count). The first kappa shape index (κ1) is 13.2. The van der Waals surface area contributed by atoms with Crippen molar-refractivity contribution in [3.05, 3.63) is 34.4 Å². The van der Waals surface area contributed by atoms with Crippen molar-refractivity contribution in [2.45, 2.75) is 18.9 Å². The van der Waals surface area contributed by atoms with Gasteiger partial charge >= 0.3 is 5.97 Å². The Bertz CT molecular complexity index is 695. The summed E-state index contributed by atoms with van der Waals surface area (Å²) in [5.74, 6) is -1.16. The van der Waals surface area contributed by atoms with Gasteiger partial charge in [-0.25, -0.2) is 4.79 Å². The molecular weight excluding hydrogens is 324 g/mol. The van der Waals surface area contributed by atoms with Crippen LogP contribution in [0.2, 0.25) is 0 Å². The first-order valence-corrected chi connectivity index (χ1v) is 7.18. The number of benzene rings is 1. The van der Waals surface area contributed by atoms with Gasteiger partial charge in [-0.2, -0.15) is 0 Å². The molecule has 104 valence electrons. The standard InChI is InChI=1S/C14H13BrN2O3/c15-9-3-1-4-10-12(9)8(7-16-10)13(18)17-6-2-5-11(17)14(19)20/h1,3-4,7,11,16H,2,5-6H2,(H,19,20)/t11-/m1/s1. The third-order valence-corrected chi connectivity index (χ3v) is 4.34. The van der Waals surface area contributed by atoms with Crippen LogP contribution in [0.25, 0.3) is 10.9 Å². The summed E-state index contributed by atoms with van der Waals surface area (Å²) in [5.41, 5.74) is 1.37. The van der Waals surface area contributed by atoms with Crippen molar-refractivity contribution < 1.29 is 14.7 Å². The first-order chi connectivity index (χ1) is 9.59. The predicted molar refractivity (Wildman–Crippen MR) is 77.7 cm³/mol. The van der Waals surface area contributed by atoms with E-state index < -0.39 is 12.0 Å². The number of nitrogens with one attached hydrogen (secondary N) is 1. The molecule has 1 aliphatic heterocycles. The first-order valence-electron chi connectivity index (χ1n) is 6.39. The fourth-order valence-electron chi connectivity index (χ4n) is 2.73. The van der Waals surface area contributed by atoms with Crippen LogP contribution in [0.5, 0.6) is 0 Å². The number of aromatic nitrogens is 1. The number of carboxylic acid groups (broad SMARTS) is 1. The quantitative estimate of drug-likeness (QED) is 0.885. The number of aromatic amines is 1. The zero-order chi connectivity index (χ0) is 14.3. The Morgan fingerprint density at radius 1 is 1.40 bits per heavy atom. The topological polar surface area (TPSA) is 73.4 Å². The molecule has 0 aliphatic carbocycles. The number of carbonyl (C=O) groups excluding carboxylic acids is 1. The molecule has 1 aliphatic rings. The molecule has 2 N–H and O–H groups in total. The van der Waals surface area contributed by atoms with Crippen LogP contribution >= 0.6 is 15.9 Å². The second kappa shape index (κ2) is 4.94. The van der Waals surface area contributed by atoms with Crippen molar-refractivity contribution in [3.63, 3.8) is 0 Å². The lowest BCUT2D eigenvalue weighted by Crippen LogP contribution is -2.40. The highest BCUT2D eigenvalue weighted by Gasteiger charge is 2.35. The maximum atomic E-state index is 12.6. The highest BCUT2D eigenvalue weighted by atomic mass is 79.9. The Labute approximate surface area is 123 Å². The molecule has 1 fully saturated rings. The summed E-state index contributed by atoms with van der Waals surface area (Å²) >= 11 is 3.44. The van der Waals surface area contributed by atoms with Crippen molar-refractivity contribution >= 4 is 38.7 Å². The van der Waals surface area contributed by atoms with Crippen LogP contribution in [0.3, 0.4) is 0 Å². The van der Waals surface area contributed by atoms with Crippen LogP contribution < -0.4 is 0 Å². The predicted octanol–water partition coefficient (Wildman–Crippen LogP) is 2.62. The van der Waals surface area contributed by atoms with Crippen LogP contribution in [0.4, 0.5) is 0 Å². The van der Waals surface area contributed by atoms with Gasteiger partial charge in [-0.05, 0) is 25.0 Å². The smallest absolute Gasteiger partial charge is 0.326 e. The lowest BCUT2D eigenvalue weighted by molar-refractivity contribution is -0.141. The van der Waals surface area contributed by atoms with Crippen LogP contribution in [0.1, 0.15) is 23.2 Å². The lowest BCUT2D eigenvalue weighted by Gasteiger charge is -2.21. The van der Waals surface area contributed by atoms with Gasteiger partial charge in [-0.3, -0.25) is 4.79 Å². The van der Waals surface area contributed by atoms with Crippen molar-refractivity contribution in [2.75, 3.05) is 6.54 Å². The molecule has 0 spiro atoms. The van der Waals surface area contributed by atoms with Gasteiger partial charge in [0.2, 0.25) is 0 Å². The minimum absolute atomic E-state index is 0.229. The van der Waals surface area contributed by atoms with E-state index in [0.29, 0.717) is 18.5 Å². The summed E-state index contributed by atoms with van der Waals surface area (Å²) in [6.45, 7) is 0.493. The van der Waals surface area contributed by atoms with Gasteiger partial charge < -0.3 is 15.0 Å². The summed E-state index contributed by atoms with van der Waals surface area (Å²) in [6.07, 6.45) is 2.89. The van der Waals surface area contributed by atoms with Crippen LogP contribution in [-0.4, -0.2) is 39.5 Å². The highest BCUT2D eigenvalue weighted by molar-refractivity contribution is 9.10. The number of hydrogen-bond donors (Lipinski definition) is 2. The van der Waals surface area contributed by atoms with Crippen LogP contribution in [-0.2, 0) is 4.79 Å². The number of hydrogen-bond acceptors (Lipinski definition) is 2. The third-order valence-electron chi connectivity index (χ3n) is 3.68. The lowest BCUT2D eigenvalue weighted by atomic mass is 10.1. The van der Waals surface area contributed by atoms with E-state index in [9.17, 15) is 14.7 Å². The summed E-state index contributed by atoms with van der Waals surface area (Å²) in [5, 5.41) is 9.99. The second-order valence-corrected chi connectivity index (χ2v) is 5.71. The summed E-state index contributed by atoms with van der Waals surface area (Å²) in [4.78, 5) is 28.3. The fourth-order valence-corrected chi connectivity index (χ4v) is 3.31. The van der Waals surface area contributed by atoms with Gasteiger partial charge in [0.1, 0.15) is 6.04 Å². The third kappa shape index (κ3) is 2.00. The van der Waals surface area contributed by atoms with Crippen molar-refractivity contribution in [1.29, 1.82) is 0 Å². The van der Waals surface area contributed by atoms with Crippen LogP contribution in [0.15, 0.2) is 28.9 Å². The van der Waals surface area contributed by atoms with E-state index in [1.54, 1.807) is 6.20 Å². The molecule has 1 amide bonds. The maximum Gasteiger partial charge on any atom is 0.326 e. The number of halogens is 1. The van der Waals surface area contributed by atoms with E-state index in [4.69, 9.17) is 0 Å². The molecule has 0 saturated carbocycles. The molecule has 2 heterocycles. The zero-order valence-electron chi connectivity index (χ0n) is 10.6. The van der Waals surface area contributed by atoms with Gasteiger partial charge in [0.05, 0.1) is 5.56 Å². The molecule has 1 aromatic heterocycles. The van der Waals surface area contributed by atoms with Crippen LogP contribution in [0, 0.1) is 0 Å². The molecule has 6 heteroatoms. The molecule has 1 atom stereocenters. The Morgan fingerprint density at radius 3 is 2.95 bits per heavy atom. The molecule has 0 bridgehead atoms. The normalized spacial score (nSPS) is 18.6. The average Bonchev–Trinajstić information content (AvgIpc) is 3.05. The Morgan fingerprint density at radius 2 is 2.20 bits per heavy atom. The number of H-pyrrole nitrogens is 1. The number of nitrogens with zero attached hydrogens (tertiary/aromatic N) is 1. The number of fused-ring (bicyclic) bond motifs is 1. The van der Waals surface area contributed by atoms with Crippen molar-refractivity contribution in [2.24, 2.45) is 0 Å². The molecule has 2 aromatic rings.